The van der Waals surface area contributed by atoms with Crippen molar-refractivity contribution < 1.29 is 9.53 Å². The number of benzene rings is 3. The molecular weight excluding hydrogens is 350 g/mol. The van der Waals surface area contributed by atoms with Crippen molar-refractivity contribution in [3.63, 3.8) is 0 Å². The highest BCUT2D eigenvalue weighted by molar-refractivity contribution is 5.95. The number of imidazole rings is 1. The molecule has 4 aromatic rings. The number of fused-ring (bicyclic) bond motifs is 1. The first-order chi connectivity index (χ1) is 13.8. The van der Waals surface area contributed by atoms with E-state index in [2.05, 4.69) is 57.3 Å². The number of methoxy groups -OCH3 is 1. The quantitative estimate of drug-likeness (QED) is 0.508. The maximum absolute atomic E-state index is 11.9. The molecule has 1 aromatic heterocycles. The summed E-state index contributed by atoms with van der Waals surface area (Å²) in [5, 5.41) is 5.78. The number of carbonyl (C=O) groups excluding carboxylic acids is 1. The number of nitrogens with zero attached hydrogens (tertiary/aromatic N) is 2. The van der Waals surface area contributed by atoms with Crippen LogP contribution in [-0.4, -0.2) is 22.6 Å². The molecule has 1 N–H and O–H groups in total. The highest BCUT2D eigenvalue weighted by Gasteiger charge is 2.12. The smallest absolute Gasteiger partial charge is 0.339 e. The highest BCUT2D eigenvalue weighted by Crippen LogP contribution is 2.21. The number of hydrogen-bond acceptors (Lipinski definition) is 4. The van der Waals surface area contributed by atoms with Crippen LogP contribution in [0.3, 0.4) is 0 Å². The molecule has 5 nitrogen and oxygen atoms in total. The number of para-hydroxylation sites is 1. The number of anilines is 1. The molecule has 0 radical (unpaired) electrons. The second kappa shape index (κ2) is 7.96. The van der Waals surface area contributed by atoms with Crippen molar-refractivity contribution >= 4 is 22.4 Å². The highest BCUT2D eigenvalue weighted by atomic mass is 16.5. The topological polar surface area (TPSA) is 56.1 Å². The van der Waals surface area contributed by atoms with Gasteiger partial charge in [-0.05, 0) is 28.5 Å². The molecule has 1 heterocycles. The summed E-state index contributed by atoms with van der Waals surface area (Å²) in [5.74, 6) is 0.537. The van der Waals surface area contributed by atoms with Crippen LogP contribution in [0, 0.1) is 0 Å². The summed E-state index contributed by atoms with van der Waals surface area (Å²) >= 11 is 0. The van der Waals surface area contributed by atoms with Gasteiger partial charge in [0.1, 0.15) is 5.82 Å². The number of ether oxygens (including phenoxy) is 1. The molecule has 28 heavy (non-hydrogen) atoms. The van der Waals surface area contributed by atoms with E-state index in [1.807, 2.05) is 24.4 Å². The molecule has 0 amide bonds. The minimum atomic E-state index is -0.359. The number of carbonyl (C=O) groups is 1. The largest absolute Gasteiger partial charge is 0.465 e. The normalized spacial score (nSPS) is 10.8. The molecule has 140 valence electrons. The molecule has 0 aliphatic heterocycles. The van der Waals surface area contributed by atoms with Crippen molar-refractivity contribution in [2.75, 3.05) is 12.4 Å². The Morgan fingerprint density at radius 1 is 1.04 bits per heavy atom. The van der Waals surface area contributed by atoms with Gasteiger partial charge >= 0.3 is 5.97 Å². The molecule has 4 rings (SSSR count). The summed E-state index contributed by atoms with van der Waals surface area (Å²) in [4.78, 5) is 16.4. The first-order valence-electron chi connectivity index (χ1n) is 9.14. The summed E-state index contributed by atoms with van der Waals surface area (Å²) in [6.45, 7) is 1.24. The Bertz CT molecular complexity index is 1110. The predicted octanol–water partition coefficient (Wildman–Crippen LogP) is 4.48. The lowest BCUT2D eigenvalue weighted by Crippen LogP contribution is -2.12. The van der Waals surface area contributed by atoms with Crippen LogP contribution < -0.4 is 5.32 Å². The predicted molar refractivity (Wildman–Crippen MR) is 110 cm³/mol. The fourth-order valence-electron chi connectivity index (χ4n) is 3.36. The zero-order chi connectivity index (χ0) is 19.3. The first-order valence-corrected chi connectivity index (χ1v) is 9.14. The van der Waals surface area contributed by atoms with Crippen LogP contribution >= 0.6 is 0 Å². The van der Waals surface area contributed by atoms with Gasteiger partial charge in [-0.1, -0.05) is 54.6 Å². The summed E-state index contributed by atoms with van der Waals surface area (Å²) in [6.07, 6.45) is 3.78. The molecule has 0 aliphatic carbocycles. The molecule has 0 unspecified atom stereocenters. The lowest BCUT2D eigenvalue weighted by molar-refractivity contribution is 0.0602. The molecule has 0 fully saturated rings. The van der Waals surface area contributed by atoms with Crippen molar-refractivity contribution in [1.29, 1.82) is 0 Å². The Kier molecular flexibility index (Phi) is 5.06. The lowest BCUT2D eigenvalue weighted by Gasteiger charge is -2.13. The fraction of sp³-hybridized carbons (Fsp3) is 0.130. The molecule has 0 saturated carbocycles. The molecular formula is C23H21N3O2. The molecule has 0 atom stereocenters. The van der Waals surface area contributed by atoms with Crippen LogP contribution in [0.25, 0.3) is 10.8 Å². The summed E-state index contributed by atoms with van der Waals surface area (Å²) in [6, 6.07) is 22.1. The van der Waals surface area contributed by atoms with Crippen LogP contribution in [0.1, 0.15) is 21.7 Å². The van der Waals surface area contributed by atoms with Crippen molar-refractivity contribution in [2.45, 2.75) is 13.1 Å². The van der Waals surface area contributed by atoms with E-state index >= 15 is 0 Å². The third kappa shape index (κ3) is 3.60. The molecule has 0 spiro atoms. The van der Waals surface area contributed by atoms with Crippen molar-refractivity contribution in [1.82, 2.24) is 9.55 Å². The Hall–Kier alpha value is -3.60. The van der Waals surface area contributed by atoms with Gasteiger partial charge in [0.25, 0.3) is 0 Å². The number of rotatable bonds is 6. The van der Waals surface area contributed by atoms with Gasteiger partial charge in [0.05, 0.1) is 19.2 Å². The molecule has 0 aliphatic rings. The van der Waals surface area contributed by atoms with Gasteiger partial charge in [0.2, 0.25) is 0 Å². The van der Waals surface area contributed by atoms with Crippen LogP contribution in [-0.2, 0) is 17.8 Å². The monoisotopic (exact) mass is 371 g/mol. The Morgan fingerprint density at radius 2 is 1.82 bits per heavy atom. The average Bonchev–Trinajstić information content (AvgIpc) is 3.19. The van der Waals surface area contributed by atoms with E-state index in [9.17, 15) is 4.79 Å². The maximum Gasteiger partial charge on any atom is 0.339 e. The summed E-state index contributed by atoms with van der Waals surface area (Å²) < 4.78 is 6.98. The Balaban J connectivity index is 1.55. The van der Waals surface area contributed by atoms with Crippen molar-refractivity contribution in [3.05, 3.63) is 96.1 Å². The van der Waals surface area contributed by atoms with Gasteiger partial charge in [-0.25, -0.2) is 9.78 Å². The van der Waals surface area contributed by atoms with Crippen molar-refractivity contribution in [3.8, 4) is 0 Å². The van der Waals surface area contributed by atoms with Crippen molar-refractivity contribution in [2.24, 2.45) is 0 Å². The molecule has 0 saturated heterocycles. The van der Waals surface area contributed by atoms with E-state index < -0.39 is 0 Å². The van der Waals surface area contributed by atoms with E-state index in [0.717, 1.165) is 18.1 Å². The second-order valence-corrected chi connectivity index (χ2v) is 6.50. The van der Waals surface area contributed by atoms with Crippen LogP contribution in [0.5, 0.6) is 0 Å². The third-order valence-corrected chi connectivity index (χ3v) is 4.79. The van der Waals surface area contributed by atoms with Gasteiger partial charge in [-0.3, -0.25) is 0 Å². The summed E-state index contributed by atoms with van der Waals surface area (Å²) in [5.41, 5.74) is 2.48. The lowest BCUT2D eigenvalue weighted by atomic mass is 10.0. The van der Waals surface area contributed by atoms with E-state index in [1.165, 1.54) is 23.4 Å². The van der Waals surface area contributed by atoms with E-state index in [4.69, 9.17) is 4.74 Å². The van der Waals surface area contributed by atoms with Crippen LogP contribution in [0.15, 0.2) is 79.1 Å². The van der Waals surface area contributed by atoms with Gasteiger partial charge in [-0.15, -0.1) is 0 Å². The number of nitrogens with one attached hydrogen (secondary N) is 1. The molecule has 5 heteroatoms. The SMILES string of the molecule is COC(=O)c1ccccc1NCc1nccn1Cc1cccc2ccccc12. The summed E-state index contributed by atoms with van der Waals surface area (Å²) in [7, 11) is 1.38. The Morgan fingerprint density at radius 3 is 2.71 bits per heavy atom. The molecule has 3 aromatic carbocycles. The van der Waals surface area contributed by atoms with Gasteiger partial charge in [-0.2, -0.15) is 0 Å². The Labute approximate surface area is 163 Å². The fourth-order valence-corrected chi connectivity index (χ4v) is 3.36. The second-order valence-electron chi connectivity index (χ2n) is 6.50. The minimum absolute atomic E-state index is 0.359. The number of hydrogen-bond donors (Lipinski definition) is 1. The zero-order valence-electron chi connectivity index (χ0n) is 15.6. The van der Waals surface area contributed by atoms with E-state index in [1.54, 1.807) is 12.3 Å². The number of esters is 1. The van der Waals surface area contributed by atoms with E-state index in [-0.39, 0.29) is 5.97 Å². The van der Waals surface area contributed by atoms with Gasteiger partial charge in [0.15, 0.2) is 0 Å². The standard InChI is InChI=1S/C23H21N3O2/c1-28-23(27)20-11-4-5-12-21(20)25-15-22-24-13-14-26(22)16-18-9-6-8-17-7-2-3-10-19(17)18/h2-14,25H,15-16H2,1H3. The zero-order valence-corrected chi connectivity index (χ0v) is 15.6. The van der Waals surface area contributed by atoms with Gasteiger partial charge in [0, 0.05) is 24.6 Å². The van der Waals surface area contributed by atoms with E-state index in [0.29, 0.717) is 12.1 Å². The minimum Gasteiger partial charge on any atom is -0.465 e. The first kappa shape index (κ1) is 17.8. The maximum atomic E-state index is 11.9. The van der Waals surface area contributed by atoms with Crippen LogP contribution in [0.4, 0.5) is 5.69 Å². The molecule has 0 bridgehead atoms. The van der Waals surface area contributed by atoms with Gasteiger partial charge < -0.3 is 14.6 Å². The number of aromatic nitrogens is 2. The average molecular weight is 371 g/mol. The van der Waals surface area contributed by atoms with Crippen LogP contribution in [0.2, 0.25) is 0 Å². The third-order valence-electron chi connectivity index (χ3n) is 4.79.